The lowest BCUT2D eigenvalue weighted by atomic mass is 10.2. The summed E-state index contributed by atoms with van der Waals surface area (Å²) in [6, 6.07) is 0. The van der Waals surface area contributed by atoms with Gasteiger partial charge in [-0.3, -0.25) is 4.90 Å². The number of likely N-dealkylation sites (N-methyl/N-ethyl adjacent to an activating group) is 1. The molecule has 6 heteroatoms. The first-order chi connectivity index (χ1) is 8.76. The van der Waals surface area contributed by atoms with Gasteiger partial charge in [-0.05, 0) is 27.3 Å². The molecule has 0 amide bonds. The lowest BCUT2D eigenvalue weighted by molar-refractivity contribution is -0.0249. The van der Waals surface area contributed by atoms with E-state index in [1.165, 1.54) is 0 Å². The van der Waals surface area contributed by atoms with Crippen molar-refractivity contribution in [3.05, 3.63) is 0 Å². The Morgan fingerprint density at radius 2 is 2.05 bits per heavy atom. The molecule has 1 aliphatic rings. The second-order valence-corrected chi connectivity index (χ2v) is 8.88. The van der Waals surface area contributed by atoms with Crippen molar-refractivity contribution >= 4 is 9.84 Å². The van der Waals surface area contributed by atoms with Gasteiger partial charge in [0.25, 0.3) is 0 Å². The van der Waals surface area contributed by atoms with Crippen molar-refractivity contribution in [3.8, 4) is 0 Å². The van der Waals surface area contributed by atoms with Gasteiger partial charge < -0.3 is 10.1 Å². The van der Waals surface area contributed by atoms with E-state index < -0.39 is 14.6 Å². The average Bonchev–Trinajstić information content (AvgIpc) is 2.33. The summed E-state index contributed by atoms with van der Waals surface area (Å²) in [7, 11) is -3.03. The van der Waals surface area contributed by atoms with E-state index in [-0.39, 0.29) is 11.9 Å². The summed E-state index contributed by atoms with van der Waals surface area (Å²) in [5, 5.41) is 3.20. The fraction of sp³-hybridized carbons (Fsp3) is 1.00. The fourth-order valence-corrected chi connectivity index (χ4v) is 2.99. The normalized spacial score (nSPS) is 22.6. The molecule has 1 fully saturated rings. The molecule has 0 saturated carbocycles. The van der Waals surface area contributed by atoms with Crippen molar-refractivity contribution in [2.45, 2.75) is 38.5 Å². The molecule has 1 heterocycles. The van der Waals surface area contributed by atoms with Gasteiger partial charge in [-0.25, -0.2) is 8.42 Å². The number of rotatable bonds is 6. The Morgan fingerprint density at radius 3 is 2.63 bits per heavy atom. The number of hydrogen-bond donors (Lipinski definition) is 1. The van der Waals surface area contributed by atoms with Gasteiger partial charge in [-0.15, -0.1) is 0 Å². The van der Waals surface area contributed by atoms with Gasteiger partial charge in [-0.2, -0.15) is 0 Å². The predicted molar refractivity (Wildman–Crippen MR) is 78.3 cm³/mol. The van der Waals surface area contributed by atoms with Gasteiger partial charge in [0.15, 0.2) is 9.84 Å². The molecule has 0 spiro atoms. The van der Waals surface area contributed by atoms with E-state index in [1.807, 2.05) is 0 Å². The Morgan fingerprint density at radius 1 is 1.37 bits per heavy atom. The molecular formula is C13H28N2O3S. The summed E-state index contributed by atoms with van der Waals surface area (Å²) in [5.41, 5.74) is 0. The maximum Gasteiger partial charge on any atom is 0.156 e. The molecule has 0 bridgehead atoms. The van der Waals surface area contributed by atoms with Gasteiger partial charge in [-0.1, -0.05) is 6.92 Å². The topological polar surface area (TPSA) is 58.6 Å². The van der Waals surface area contributed by atoms with Gasteiger partial charge >= 0.3 is 0 Å². The zero-order valence-corrected chi connectivity index (χ0v) is 13.4. The SMILES string of the molecule is CCN1CCOC(CNCCS(=O)(=O)C(C)(C)C)C1. The van der Waals surface area contributed by atoms with E-state index >= 15 is 0 Å². The molecule has 0 aromatic carbocycles. The van der Waals surface area contributed by atoms with Crippen LogP contribution in [-0.4, -0.2) is 69.3 Å². The summed E-state index contributed by atoms with van der Waals surface area (Å²) in [6.07, 6.45) is 0.172. The van der Waals surface area contributed by atoms with Gasteiger partial charge in [0.2, 0.25) is 0 Å². The quantitative estimate of drug-likeness (QED) is 0.723. The van der Waals surface area contributed by atoms with Gasteiger partial charge in [0, 0.05) is 26.2 Å². The smallest absolute Gasteiger partial charge is 0.156 e. The molecule has 1 saturated heterocycles. The third-order valence-corrected chi connectivity index (χ3v) is 6.13. The summed E-state index contributed by atoms with van der Waals surface area (Å²) in [4.78, 5) is 2.35. The highest BCUT2D eigenvalue weighted by atomic mass is 32.2. The largest absolute Gasteiger partial charge is 0.374 e. The van der Waals surface area contributed by atoms with Crippen LogP contribution in [0, 0.1) is 0 Å². The van der Waals surface area contributed by atoms with Crippen LogP contribution in [0.3, 0.4) is 0 Å². The Balaban J connectivity index is 2.24. The monoisotopic (exact) mass is 292 g/mol. The van der Waals surface area contributed by atoms with E-state index in [1.54, 1.807) is 20.8 Å². The standard InChI is InChI=1S/C13H28N2O3S/c1-5-15-7-8-18-12(11-15)10-14-6-9-19(16,17)13(2,3)4/h12,14H,5-11H2,1-4H3. The lowest BCUT2D eigenvalue weighted by Crippen LogP contribution is -2.47. The van der Waals surface area contributed by atoms with E-state index in [0.29, 0.717) is 6.54 Å². The number of nitrogens with one attached hydrogen (secondary N) is 1. The number of morpholine rings is 1. The molecular weight excluding hydrogens is 264 g/mol. The molecule has 0 aliphatic carbocycles. The molecule has 0 radical (unpaired) electrons. The van der Waals surface area contributed by atoms with Crippen molar-refractivity contribution in [2.75, 3.05) is 45.1 Å². The Kier molecular flexibility index (Phi) is 6.23. The van der Waals surface area contributed by atoms with Crippen LogP contribution in [0.25, 0.3) is 0 Å². The van der Waals surface area contributed by atoms with Crippen molar-refractivity contribution in [2.24, 2.45) is 0 Å². The van der Waals surface area contributed by atoms with Crippen LogP contribution in [-0.2, 0) is 14.6 Å². The van der Waals surface area contributed by atoms with E-state index in [2.05, 4.69) is 17.1 Å². The molecule has 114 valence electrons. The molecule has 1 aliphatic heterocycles. The lowest BCUT2D eigenvalue weighted by Gasteiger charge is -2.32. The highest BCUT2D eigenvalue weighted by Gasteiger charge is 2.28. The minimum Gasteiger partial charge on any atom is -0.374 e. The Labute approximate surface area is 117 Å². The summed E-state index contributed by atoms with van der Waals surface area (Å²) >= 11 is 0. The first kappa shape index (κ1) is 16.9. The summed E-state index contributed by atoms with van der Waals surface area (Å²) in [6.45, 7) is 12.3. The molecule has 1 atom stereocenters. The van der Waals surface area contributed by atoms with Gasteiger partial charge in [0.05, 0.1) is 23.2 Å². The molecule has 1 N–H and O–H groups in total. The average molecular weight is 292 g/mol. The number of nitrogens with zero attached hydrogens (tertiary/aromatic N) is 1. The van der Waals surface area contributed by atoms with Crippen LogP contribution in [0.15, 0.2) is 0 Å². The molecule has 5 nitrogen and oxygen atoms in total. The first-order valence-electron chi connectivity index (χ1n) is 7.03. The second-order valence-electron chi connectivity index (χ2n) is 6.02. The first-order valence-corrected chi connectivity index (χ1v) is 8.68. The second kappa shape index (κ2) is 7.02. The molecule has 1 unspecified atom stereocenters. The Hall–Kier alpha value is -0.170. The van der Waals surface area contributed by atoms with Crippen LogP contribution < -0.4 is 5.32 Å². The molecule has 0 aromatic rings. The highest BCUT2D eigenvalue weighted by molar-refractivity contribution is 7.92. The predicted octanol–water partition coefficient (Wildman–Crippen LogP) is 0.510. The third kappa shape index (κ3) is 5.38. The van der Waals surface area contributed by atoms with E-state index in [0.717, 1.165) is 32.8 Å². The van der Waals surface area contributed by atoms with Gasteiger partial charge in [0.1, 0.15) is 0 Å². The van der Waals surface area contributed by atoms with Crippen molar-refractivity contribution in [1.82, 2.24) is 10.2 Å². The van der Waals surface area contributed by atoms with Crippen molar-refractivity contribution < 1.29 is 13.2 Å². The highest BCUT2D eigenvalue weighted by Crippen LogP contribution is 2.15. The summed E-state index contributed by atoms with van der Waals surface area (Å²) < 4.78 is 28.8. The number of hydrogen-bond acceptors (Lipinski definition) is 5. The number of ether oxygens (including phenoxy) is 1. The third-order valence-electron chi connectivity index (χ3n) is 3.52. The minimum atomic E-state index is -3.03. The zero-order valence-electron chi connectivity index (χ0n) is 12.6. The van der Waals surface area contributed by atoms with Crippen LogP contribution in [0.5, 0.6) is 0 Å². The number of sulfone groups is 1. The van der Waals surface area contributed by atoms with Crippen LogP contribution in [0.4, 0.5) is 0 Å². The molecule has 1 rings (SSSR count). The van der Waals surface area contributed by atoms with Crippen LogP contribution in [0.1, 0.15) is 27.7 Å². The zero-order chi connectivity index (χ0) is 14.5. The molecule has 0 aromatic heterocycles. The Bertz CT molecular complexity index is 363. The maximum atomic E-state index is 11.9. The van der Waals surface area contributed by atoms with Crippen LogP contribution >= 0.6 is 0 Å². The van der Waals surface area contributed by atoms with E-state index in [4.69, 9.17) is 4.74 Å². The van der Waals surface area contributed by atoms with Crippen molar-refractivity contribution in [1.29, 1.82) is 0 Å². The molecule has 19 heavy (non-hydrogen) atoms. The summed E-state index contributed by atoms with van der Waals surface area (Å²) in [5.74, 6) is 0.181. The maximum absolute atomic E-state index is 11.9. The van der Waals surface area contributed by atoms with E-state index in [9.17, 15) is 8.42 Å². The van der Waals surface area contributed by atoms with Crippen LogP contribution in [0.2, 0.25) is 0 Å². The van der Waals surface area contributed by atoms with Crippen molar-refractivity contribution in [3.63, 3.8) is 0 Å². The fourth-order valence-electron chi connectivity index (χ4n) is 1.97. The minimum absolute atomic E-state index is 0.172.